The topological polar surface area (TPSA) is 79.5 Å². The summed E-state index contributed by atoms with van der Waals surface area (Å²) in [5, 5.41) is 0.538. The van der Waals surface area contributed by atoms with Gasteiger partial charge in [0, 0.05) is 28.4 Å². The molecule has 0 unspecified atom stereocenters. The number of halogens is 1. The van der Waals surface area contributed by atoms with Gasteiger partial charge in [0.1, 0.15) is 5.69 Å². The lowest BCUT2D eigenvalue weighted by Gasteiger charge is -2.30. The average Bonchev–Trinajstić information content (AvgIpc) is 2.99. The lowest BCUT2D eigenvalue weighted by atomic mass is 9.98. The molecular weight excluding hydrogens is 404 g/mol. The van der Waals surface area contributed by atoms with Crippen LogP contribution in [0.2, 0.25) is 5.02 Å². The van der Waals surface area contributed by atoms with Crippen molar-refractivity contribution in [2.75, 3.05) is 13.2 Å². The quantitative estimate of drug-likeness (QED) is 0.478. The zero-order valence-electron chi connectivity index (χ0n) is 18.3. The first-order valence-electron chi connectivity index (χ1n) is 10.0. The van der Waals surface area contributed by atoms with Crippen molar-refractivity contribution in [2.45, 2.75) is 47.6 Å². The number of carbonyl (C=O) groups is 3. The van der Waals surface area contributed by atoms with Crippen molar-refractivity contribution in [3.05, 3.63) is 57.4 Å². The molecule has 0 fully saturated rings. The highest BCUT2D eigenvalue weighted by Crippen LogP contribution is 2.23. The van der Waals surface area contributed by atoms with Gasteiger partial charge in [-0.2, -0.15) is 0 Å². The third-order valence-electron chi connectivity index (χ3n) is 4.92. The maximum Gasteiger partial charge on any atom is 0.355 e. The van der Waals surface area contributed by atoms with E-state index in [2.05, 4.69) is 4.98 Å². The van der Waals surface area contributed by atoms with Crippen LogP contribution in [0.5, 0.6) is 0 Å². The van der Waals surface area contributed by atoms with E-state index in [1.165, 1.54) is 0 Å². The second-order valence-electron chi connectivity index (χ2n) is 7.74. The van der Waals surface area contributed by atoms with Gasteiger partial charge in [0.15, 0.2) is 5.78 Å². The highest BCUT2D eigenvalue weighted by molar-refractivity contribution is 6.30. The molecule has 7 heteroatoms. The van der Waals surface area contributed by atoms with Gasteiger partial charge < -0.3 is 14.6 Å². The summed E-state index contributed by atoms with van der Waals surface area (Å²) >= 11 is 5.94. The molecule has 1 amide bonds. The first-order valence-corrected chi connectivity index (χ1v) is 10.4. The number of H-pyrrole nitrogens is 1. The molecular formula is C23H29ClN2O4. The van der Waals surface area contributed by atoms with Crippen molar-refractivity contribution in [3.8, 4) is 0 Å². The van der Waals surface area contributed by atoms with Crippen LogP contribution in [0, 0.1) is 19.8 Å². The van der Waals surface area contributed by atoms with E-state index in [-0.39, 0.29) is 29.9 Å². The van der Waals surface area contributed by atoms with Gasteiger partial charge in [-0.25, -0.2) is 4.79 Å². The zero-order valence-corrected chi connectivity index (χ0v) is 19.1. The Hall–Kier alpha value is -2.60. The molecule has 0 aliphatic rings. The highest BCUT2D eigenvalue weighted by atomic mass is 35.5. The number of aromatic amines is 1. The lowest BCUT2D eigenvalue weighted by Crippen LogP contribution is -2.45. The molecule has 1 aromatic heterocycles. The van der Waals surface area contributed by atoms with E-state index in [0.29, 0.717) is 34.0 Å². The number of benzene rings is 1. The van der Waals surface area contributed by atoms with Gasteiger partial charge in [-0.05, 0) is 63.4 Å². The first-order chi connectivity index (χ1) is 14.1. The predicted octanol–water partition coefficient (Wildman–Crippen LogP) is 4.83. The minimum absolute atomic E-state index is 0.167. The Balaban J connectivity index is 2.39. The number of nitrogens with zero attached hydrogens (tertiary/aromatic N) is 1. The molecule has 6 nitrogen and oxygen atoms in total. The fourth-order valence-corrected chi connectivity index (χ4v) is 3.57. The molecule has 0 radical (unpaired) electrons. The molecule has 2 aromatic rings. The van der Waals surface area contributed by atoms with Crippen LogP contribution < -0.4 is 0 Å². The van der Waals surface area contributed by atoms with E-state index >= 15 is 0 Å². The summed E-state index contributed by atoms with van der Waals surface area (Å²) in [6, 6.07) is 5.91. The Labute approximate surface area is 182 Å². The van der Waals surface area contributed by atoms with Crippen LogP contribution in [-0.2, 0) is 4.74 Å². The zero-order chi connectivity index (χ0) is 22.6. The van der Waals surface area contributed by atoms with Gasteiger partial charge >= 0.3 is 5.97 Å². The molecule has 0 saturated carbocycles. The van der Waals surface area contributed by atoms with Crippen molar-refractivity contribution >= 4 is 29.3 Å². The van der Waals surface area contributed by atoms with E-state index in [4.69, 9.17) is 16.3 Å². The van der Waals surface area contributed by atoms with Crippen LogP contribution in [0.25, 0.3) is 0 Å². The van der Waals surface area contributed by atoms with Gasteiger partial charge in [0.25, 0.3) is 5.91 Å². The van der Waals surface area contributed by atoms with Crippen molar-refractivity contribution in [1.82, 2.24) is 9.88 Å². The number of hydrogen-bond acceptors (Lipinski definition) is 4. The highest BCUT2D eigenvalue weighted by Gasteiger charge is 2.32. The summed E-state index contributed by atoms with van der Waals surface area (Å²) in [4.78, 5) is 43.3. The average molecular weight is 433 g/mol. The molecule has 1 N–H and O–H groups in total. The number of Topliss-reactive ketones (excluding diaryl/α,β-unsaturated/α-hetero) is 1. The minimum Gasteiger partial charge on any atom is -0.461 e. The fourth-order valence-electron chi connectivity index (χ4n) is 3.45. The number of hydrogen-bond donors (Lipinski definition) is 1. The van der Waals surface area contributed by atoms with Crippen LogP contribution in [0.15, 0.2) is 24.3 Å². The van der Waals surface area contributed by atoms with Gasteiger partial charge in [-0.1, -0.05) is 25.4 Å². The number of ether oxygens (including phenoxy) is 1. The minimum atomic E-state index is -0.709. The van der Waals surface area contributed by atoms with Gasteiger partial charge in [0.2, 0.25) is 0 Å². The maximum absolute atomic E-state index is 13.4. The molecule has 0 saturated heterocycles. The first kappa shape index (κ1) is 23.7. The van der Waals surface area contributed by atoms with Crippen molar-refractivity contribution in [2.24, 2.45) is 5.92 Å². The van der Waals surface area contributed by atoms with E-state index in [1.54, 1.807) is 56.9 Å². The molecule has 0 aliphatic carbocycles. The number of esters is 1. The normalized spacial score (nSPS) is 12.0. The van der Waals surface area contributed by atoms with Gasteiger partial charge in [0.05, 0.1) is 12.6 Å². The van der Waals surface area contributed by atoms with E-state index in [1.807, 2.05) is 13.8 Å². The lowest BCUT2D eigenvalue weighted by molar-refractivity contribution is 0.0518. The summed E-state index contributed by atoms with van der Waals surface area (Å²) in [6.45, 7) is 11.5. The summed E-state index contributed by atoms with van der Waals surface area (Å²) < 4.78 is 5.07. The third-order valence-corrected chi connectivity index (χ3v) is 5.18. The number of rotatable bonds is 8. The molecule has 30 heavy (non-hydrogen) atoms. The summed E-state index contributed by atoms with van der Waals surface area (Å²) in [5.41, 5.74) is 2.27. The largest absolute Gasteiger partial charge is 0.461 e. The van der Waals surface area contributed by atoms with Crippen LogP contribution >= 0.6 is 11.6 Å². The Morgan fingerprint density at radius 3 is 2.23 bits per heavy atom. The van der Waals surface area contributed by atoms with Gasteiger partial charge in [-0.15, -0.1) is 0 Å². The van der Waals surface area contributed by atoms with E-state index in [0.717, 1.165) is 0 Å². The fraction of sp³-hybridized carbons (Fsp3) is 0.435. The predicted molar refractivity (Wildman–Crippen MR) is 117 cm³/mol. The molecule has 162 valence electrons. The van der Waals surface area contributed by atoms with Crippen molar-refractivity contribution in [1.29, 1.82) is 0 Å². The standard InChI is InChI=1S/C23H29ClN2O4/c1-7-30-23(29)20-14(4)19(15(5)25-20)21(27)16(6)26(12-13(2)3)22(28)17-8-10-18(24)11-9-17/h8-11,13,16,25H,7,12H2,1-6H3/t16-/m0/s1. The smallest absolute Gasteiger partial charge is 0.355 e. The number of aromatic nitrogens is 1. The summed E-state index contributed by atoms with van der Waals surface area (Å²) in [6.07, 6.45) is 0. The molecule has 0 bridgehead atoms. The Kier molecular flexibility index (Phi) is 7.84. The Morgan fingerprint density at radius 2 is 1.70 bits per heavy atom. The van der Waals surface area contributed by atoms with Crippen LogP contribution in [0.3, 0.4) is 0 Å². The van der Waals surface area contributed by atoms with Crippen molar-refractivity contribution < 1.29 is 19.1 Å². The van der Waals surface area contributed by atoms with E-state index in [9.17, 15) is 14.4 Å². The molecule has 1 aromatic carbocycles. The monoisotopic (exact) mass is 432 g/mol. The van der Waals surface area contributed by atoms with Crippen LogP contribution in [0.1, 0.15) is 70.2 Å². The van der Waals surface area contributed by atoms with Crippen LogP contribution in [-0.4, -0.2) is 46.7 Å². The Bertz CT molecular complexity index is 931. The molecule has 2 rings (SSSR count). The molecule has 1 heterocycles. The molecule has 0 spiro atoms. The summed E-state index contributed by atoms with van der Waals surface area (Å²) in [7, 11) is 0. The SMILES string of the molecule is CCOC(=O)c1[nH]c(C)c(C(=O)[C@H](C)N(CC(C)C)C(=O)c2ccc(Cl)cc2)c1C. The number of nitrogens with one attached hydrogen (secondary N) is 1. The molecule has 1 atom stereocenters. The maximum atomic E-state index is 13.4. The second-order valence-corrected chi connectivity index (χ2v) is 8.18. The van der Waals surface area contributed by atoms with E-state index < -0.39 is 12.0 Å². The van der Waals surface area contributed by atoms with Crippen molar-refractivity contribution in [3.63, 3.8) is 0 Å². The van der Waals surface area contributed by atoms with Gasteiger partial charge in [-0.3, -0.25) is 9.59 Å². The number of aryl methyl sites for hydroxylation is 1. The third kappa shape index (κ3) is 5.11. The number of carbonyl (C=O) groups excluding carboxylic acids is 3. The summed E-state index contributed by atoms with van der Waals surface area (Å²) in [5.74, 6) is -0.793. The van der Waals surface area contributed by atoms with Crippen LogP contribution in [0.4, 0.5) is 0 Å². The molecule has 0 aliphatic heterocycles. The number of ketones is 1. The second kappa shape index (κ2) is 9.94. The Morgan fingerprint density at radius 1 is 1.10 bits per heavy atom. The number of amides is 1.